The summed E-state index contributed by atoms with van der Waals surface area (Å²) in [7, 11) is 0. The molecule has 3 aromatic rings. The van der Waals surface area contributed by atoms with E-state index in [2.05, 4.69) is 15.3 Å². The van der Waals surface area contributed by atoms with E-state index in [1.807, 2.05) is 4.90 Å². The summed E-state index contributed by atoms with van der Waals surface area (Å²) in [6.45, 7) is 5.86. The van der Waals surface area contributed by atoms with Crippen molar-refractivity contribution in [3.63, 3.8) is 0 Å². The van der Waals surface area contributed by atoms with Crippen LogP contribution in [-0.4, -0.2) is 47.1 Å². The van der Waals surface area contributed by atoms with Crippen LogP contribution in [0, 0.1) is 12.3 Å². The first kappa shape index (κ1) is 23.3. The van der Waals surface area contributed by atoms with Gasteiger partial charge in [-0.15, -0.1) is 0 Å². The van der Waals surface area contributed by atoms with Crippen LogP contribution in [0.3, 0.4) is 0 Å². The van der Waals surface area contributed by atoms with Crippen LogP contribution in [0.4, 0.5) is 18.9 Å². The van der Waals surface area contributed by atoms with Gasteiger partial charge in [-0.05, 0) is 62.2 Å². The fourth-order valence-corrected chi connectivity index (χ4v) is 4.88. The number of aromatic amines is 1. The molecule has 2 saturated heterocycles. The van der Waals surface area contributed by atoms with E-state index in [0.29, 0.717) is 37.6 Å². The number of fused-ring (bicyclic) bond motifs is 1. The smallest absolute Gasteiger partial charge is 0.380 e. The molecule has 184 valence electrons. The highest BCUT2D eigenvalue weighted by Gasteiger charge is 2.45. The number of aromatic nitrogens is 2. The number of ether oxygens (including phenoxy) is 1. The van der Waals surface area contributed by atoms with Crippen LogP contribution in [0.15, 0.2) is 41.2 Å². The number of hydrogen-bond donors (Lipinski definition) is 2. The van der Waals surface area contributed by atoms with Crippen molar-refractivity contribution in [1.82, 2.24) is 14.9 Å². The number of benzene rings is 2. The summed E-state index contributed by atoms with van der Waals surface area (Å²) in [4.78, 5) is 33.6. The van der Waals surface area contributed by atoms with Crippen LogP contribution in [0.25, 0.3) is 10.9 Å². The molecule has 1 unspecified atom stereocenters. The Morgan fingerprint density at radius 2 is 1.94 bits per heavy atom. The van der Waals surface area contributed by atoms with E-state index in [9.17, 15) is 22.8 Å². The average molecular weight is 486 g/mol. The number of aryl methyl sites for hydroxylation is 1. The van der Waals surface area contributed by atoms with Crippen LogP contribution in [0.2, 0.25) is 0 Å². The summed E-state index contributed by atoms with van der Waals surface area (Å²) >= 11 is 0. The van der Waals surface area contributed by atoms with Gasteiger partial charge >= 0.3 is 6.18 Å². The first-order chi connectivity index (χ1) is 16.5. The zero-order chi connectivity index (χ0) is 25.0. The monoisotopic (exact) mass is 486 g/mol. The number of hydrogen-bond acceptors (Lipinski definition) is 5. The molecule has 2 N–H and O–H groups in total. The SMILES string of the molecule is Cc1nc2cc(C(F)(F)F)c(C(C)Nc3ccc(C(=O)N4CCC5(COC5)C4)cc3)cc2c(=O)[nH]1. The Balaban J connectivity index is 1.37. The molecule has 1 aromatic heterocycles. The van der Waals surface area contributed by atoms with E-state index in [-0.39, 0.29) is 33.6 Å². The van der Waals surface area contributed by atoms with Gasteiger partial charge in [-0.25, -0.2) is 4.98 Å². The summed E-state index contributed by atoms with van der Waals surface area (Å²) in [5, 5.41) is 3.15. The number of carbonyl (C=O) groups is 1. The van der Waals surface area contributed by atoms with Crippen LogP contribution >= 0.6 is 0 Å². The minimum Gasteiger partial charge on any atom is -0.380 e. The summed E-state index contributed by atoms with van der Waals surface area (Å²) < 4.78 is 46.9. The van der Waals surface area contributed by atoms with Crippen LogP contribution in [0.5, 0.6) is 0 Å². The van der Waals surface area contributed by atoms with Crippen LogP contribution in [-0.2, 0) is 10.9 Å². The highest BCUT2D eigenvalue weighted by molar-refractivity contribution is 5.94. The number of carbonyl (C=O) groups excluding carboxylic acids is 1. The summed E-state index contributed by atoms with van der Waals surface area (Å²) in [6, 6.07) is 8.08. The number of nitrogens with one attached hydrogen (secondary N) is 2. The topological polar surface area (TPSA) is 87.3 Å². The molecule has 5 rings (SSSR count). The first-order valence-electron chi connectivity index (χ1n) is 11.4. The maximum Gasteiger partial charge on any atom is 0.416 e. The molecule has 0 aliphatic carbocycles. The molecule has 0 bridgehead atoms. The van der Waals surface area contributed by atoms with Gasteiger partial charge in [-0.1, -0.05) is 0 Å². The van der Waals surface area contributed by atoms with Gasteiger partial charge in [0.15, 0.2) is 0 Å². The molecular weight excluding hydrogens is 461 g/mol. The molecule has 2 fully saturated rings. The molecule has 10 heteroatoms. The summed E-state index contributed by atoms with van der Waals surface area (Å²) in [6.07, 6.45) is -3.69. The lowest BCUT2D eigenvalue weighted by molar-refractivity contribution is -0.138. The molecule has 2 aliphatic rings. The lowest BCUT2D eigenvalue weighted by Crippen LogP contribution is -2.45. The number of alkyl halides is 3. The van der Waals surface area contributed by atoms with Gasteiger partial charge in [0, 0.05) is 35.8 Å². The Bertz CT molecular complexity index is 1350. The number of anilines is 1. The predicted octanol–water partition coefficient (Wildman–Crippen LogP) is 4.29. The number of likely N-dealkylation sites (tertiary alicyclic amines) is 1. The Labute approximate surface area is 199 Å². The maximum absolute atomic E-state index is 13.9. The average Bonchev–Trinajstić information content (AvgIpc) is 3.24. The van der Waals surface area contributed by atoms with Gasteiger partial charge in [0.05, 0.1) is 29.7 Å². The molecule has 0 radical (unpaired) electrons. The van der Waals surface area contributed by atoms with Crippen LogP contribution in [0.1, 0.15) is 46.7 Å². The van der Waals surface area contributed by atoms with E-state index in [4.69, 9.17) is 4.74 Å². The van der Waals surface area contributed by atoms with Crippen molar-refractivity contribution in [3.05, 3.63) is 69.3 Å². The van der Waals surface area contributed by atoms with Gasteiger partial charge in [0.2, 0.25) is 0 Å². The number of halogens is 3. The van der Waals surface area contributed by atoms with Gasteiger partial charge in [0.1, 0.15) is 5.82 Å². The van der Waals surface area contributed by atoms with E-state index in [1.54, 1.807) is 31.2 Å². The lowest BCUT2D eigenvalue weighted by atomic mass is 9.85. The zero-order valence-corrected chi connectivity index (χ0v) is 19.3. The zero-order valence-electron chi connectivity index (χ0n) is 19.3. The Kier molecular flexibility index (Phi) is 5.58. The highest BCUT2D eigenvalue weighted by Crippen LogP contribution is 2.39. The predicted molar refractivity (Wildman–Crippen MR) is 124 cm³/mol. The van der Waals surface area contributed by atoms with E-state index in [0.717, 1.165) is 12.5 Å². The van der Waals surface area contributed by atoms with Crippen molar-refractivity contribution >= 4 is 22.5 Å². The molecule has 7 nitrogen and oxygen atoms in total. The second-order valence-electron chi connectivity index (χ2n) is 9.52. The van der Waals surface area contributed by atoms with Crippen molar-refractivity contribution in [2.24, 2.45) is 5.41 Å². The number of nitrogens with zero attached hydrogens (tertiary/aromatic N) is 2. The molecule has 1 spiro atoms. The molecular formula is C25H25F3N4O3. The summed E-state index contributed by atoms with van der Waals surface area (Å²) in [5.41, 5.74) is -0.231. The number of amides is 1. The quantitative estimate of drug-likeness (QED) is 0.575. The number of H-pyrrole nitrogens is 1. The lowest BCUT2D eigenvalue weighted by Gasteiger charge is -2.37. The maximum atomic E-state index is 13.9. The molecule has 35 heavy (non-hydrogen) atoms. The second-order valence-corrected chi connectivity index (χ2v) is 9.52. The molecule has 1 atom stereocenters. The minimum absolute atomic E-state index is 0.00505. The van der Waals surface area contributed by atoms with Crippen molar-refractivity contribution in [2.45, 2.75) is 32.5 Å². The van der Waals surface area contributed by atoms with Crippen molar-refractivity contribution < 1.29 is 22.7 Å². The normalized spacial score (nSPS) is 18.0. The Hall–Kier alpha value is -3.40. The third kappa shape index (κ3) is 4.38. The van der Waals surface area contributed by atoms with Gasteiger partial charge in [0.25, 0.3) is 11.5 Å². The fraction of sp³-hybridized carbons (Fsp3) is 0.400. The van der Waals surface area contributed by atoms with E-state index in [1.165, 1.54) is 13.0 Å². The summed E-state index contributed by atoms with van der Waals surface area (Å²) in [5.74, 6) is 0.179. The van der Waals surface area contributed by atoms with E-state index >= 15 is 0 Å². The molecule has 2 aliphatic heterocycles. The Morgan fingerprint density at radius 3 is 2.54 bits per heavy atom. The Morgan fingerprint density at radius 1 is 1.23 bits per heavy atom. The third-order valence-corrected chi connectivity index (χ3v) is 6.82. The fourth-order valence-electron chi connectivity index (χ4n) is 4.88. The molecule has 3 heterocycles. The molecule has 0 saturated carbocycles. The highest BCUT2D eigenvalue weighted by atomic mass is 19.4. The van der Waals surface area contributed by atoms with Crippen molar-refractivity contribution in [1.29, 1.82) is 0 Å². The van der Waals surface area contributed by atoms with Gasteiger partial charge in [-0.2, -0.15) is 13.2 Å². The van der Waals surface area contributed by atoms with Crippen LogP contribution < -0.4 is 10.9 Å². The van der Waals surface area contributed by atoms with E-state index < -0.39 is 23.3 Å². The molecule has 2 aromatic carbocycles. The molecule has 1 amide bonds. The largest absolute Gasteiger partial charge is 0.416 e. The standard InChI is InChI=1S/C25H25F3N4O3/c1-14(18-9-19-21(10-20(18)25(26,27)28)30-15(2)31-22(19)33)29-17-5-3-16(4-6-17)23(34)32-8-7-24(11-32)12-35-13-24/h3-6,9-10,14,29H,7-8,11-13H2,1-2H3,(H,30,31,33). The van der Waals surface area contributed by atoms with Crippen molar-refractivity contribution in [3.8, 4) is 0 Å². The van der Waals surface area contributed by atoms with Crippen molar-refractivity contribution in [2.75, 3.05) is 31.6 Å². The third-order valence-electron chi connectivity index (χ3n) is 6.82. The number of rotatable bonds is 4. The minimum atomic E-state index is -4.62. The van der Waals surface area contributed by atoms with Gasteiger partial charge in [-0.3, -0.25) is 9.59 Å². The van der Waals surface area contributed by atoms with Gasteiger partial charge < -0.3 is 19.9 Å². The second kappa shape index (κ2) is 8.37. The first-order valence-corrected chi connectivity index (χ1v) is 11.4.